The molecule has 264 valence electrons. The Bertz CT molecular complexity index is 2920. The maximum absolute atomic E-state index is 6.87. The molecule has 55 heavy (non-hydrogen) atoms. The Labute approximate surface area is 320 Å². The summed E-state index contributed by atoms with van der Waals surface area (Å²) >= 11 is 0. The van der Waals surface area contributed by atoms with Crippen LogP contribution in [0.5, 0.6) is 0 Å². The van der Waals surface area contributed by atoms with Gasteiger partial charge in [0.1, 0.15) is 5.69 Å². The minimum absolute atomic E-state index is 0.0163. The Hall–Kier alpha value is -6.56. The molecule has 1 aliphatic rings. The van der Waals surface area contributed by atoms with Crippen molar-refractivity contribution < 1.29 is 0 Å². The number of nitrogens with zero attached hydrogens (tertiary/aromatic N) is 4. The molecule has 3 heterocycles. The largest absolute Gasteiger partial charge is 0.324 e. The van der Waals surface area contributed by atoms with Gasteiger partial charge in [-0.3, -0.25) is 0 Å². The molecule has 0 saturated carbocycles. The highest BCUT2D eigenvalue weighted by Crippen LogP contribution is 2.45. The Morgan fingerprint density at radius 1 is 0.564 bits per heavy atom. The predicted molar refractivity (Wildman–Crippen MR) is 227 cm³/mol. The van der Waals surface area contributed by atoms with Crippen LogP contribution in [-0.2, 0) is 0 Å². The van der Waals surface area contributed by atoms with Crippen LogP contribution in [0.4, 0.5) is 0 Å². The molecule has 0 spiro atoms. The molecule has 0 amide bonds. The predicted octanol–water partition coefficient (Wildman–Crippen LogP) is 11.8. The monoisotopic (exact) mass is 709 g/mol. The summed E-state index contributed by atoms with van der Waals surface area (Å²) in [7, 11) is 0. The van der Waals surface area contributed by atoms with Gasteiger partial charge in [-0.25, -0.2) is 19.9 Å². The van der Waals surface area contributed by atoms with E-state index in [1.165, 1.54) is 38.2 Å². The van der Waals surface area contributed by atoms with Crippen LogP contribution in [0.2, 0.25) is 0 Å². The second kappa shape index (κ2) is 13.7. The second-order valence-corrected chi connectivity index (χ2v) is 14.7. The first-order valence-electron chi connectivity index (χ1n) is 19.2. The van der Waals surface area contributed by atoms with Crippen molar-refractivity contribution in [2.45, 2.75) is 37.6 Å². The Morgan fingerprint density at radius 2 is 1.15 bits per heavy atom. The lowest BCUT2D eigenvalue weighted by atomic mass is 9.74. The molecule has 0 radical (unpaired) electrons. The fourth-order valence-electron chi connectivity index (χ4n) is 8.67. The van der Waals surface area contributed by atoms with E-state index < -0.39 is 0 Å². The first-order chi connectivity index (χ1) is 27.1. The van der Waals surface area contributed by atoms with Gasteiger partial charge < -0.3 is 5.73 Å². The van der Waals surface area contributed by atoms with E-state index in [1.54, 1.807) is 0 Å². The lowest BCUT2D eigenvalue weighted by molar-refractivity contribution is 0.546. The van der Waals surface area contributed by atoms with Crippen molar-refractivity contribution in [2.75, 3.05) is 0 Å². The highest BCUT2D eigenvalue weighted by molar-refractivity contribution is 6.11. The Balaban J connectivity index is 1.02. The number of fused-ring (bicyclic) bond motifs is 6. The van der Waals surface area contributed by atoms with Crippen LogP contribution in [0.3, 0.4) is 0 Å². The minimum atomic E-state index is -0.0163. The highest BCUT2D eigenvalue weighted by Gasteiger charge is 2.29. The van der Waals surface area contributed by atoms with E-state index in [0.717, 1.165) is 57.2 Å². The first-order valence-corrected chi connectivity index (χ1v) is 19.2. The van der Waals surface area contributed by atoms with Crippen molar-refractivity contribution in [1.29, 1.82) is 0 Å². The van der Waals surface area contributed by atoms with Crippen molar-refractivity contribution in [3.05, 3.63) is 181 Å². The molecule has 9 aromatic rings. The maximum Gasteiger partial charge on any atom is 0.178 e. The third-order valence-corrected chi connectivity index (χ3v) is 11.5. The van der Waals surface area contributed by atoms with E-state index in [9.17, 15) is 0 Å². The van der Waals surface area contributed by atoms with Crippen LogP contribution in [0, 0.1) is 0 Å². The van der Waals surface area contributed by atoms with Crippen LogP contribution < -0.4 is 5.73 Å². The number of hydrogen-bond acceptors (Lipinski definition) is 5. The van der Waals surface area contributed by atoms with Gasteiger partial charge >= 0.3 is 0 Å². The summed E-state index contributed by atoms with van der Waals surface area (Å²) in [6, 6.07) is 51.3. The normalized spacial score (nSPS) is 16.3. The van der Waals surface area contributed by atoms with Crippen LogP contribution in [0.1, 0.15) is 48.3 Å². The van der Waals surface area contributed by atoms with Crippen LogP contribution in [0.25, 0.3) is 77.4 Å². The van der Waals surface area contributed by atoms with Crippen molar-refractivity contribution in [1.82, 2.24) is 19.9 Å². The fourth-order valence-corrected chi connectivity index (χ4v) is 8.67. The number of pyridine rings is 2. The number of benzene rings is 6. The van der Waals surface area contributed by atoms with Crippen molar-refractivity contribution >= 4 is 43.4 Å². The van der Waals surface area contributed by atoms with Crippen LogP contribution in [0.15, 0.2) is 164 Å². The molecule has 3 atom stereocenters. The van der Waals surface area contributed by atoms with Gasteiger partial charge in [0.15, 0.2) is 5.82 Å². The van der Waals surface area contributed by atoms with Gasteiger partial charge in [0.05, 0.1) is 22.4 Å². The topological polar surface area (TPSA) is 77.6 Å². The summed E-state index contributed by atoms with van der Waals surface area (Å²) in [5.74, 6) is 0.975. The van der Waals surface area contributed by atoms with Crippen LogP contribution >= 0.6 is 0 Å². The van der Waals surface area contributed by atoms with Gasteiger partial charge in [-0.2, -0.15) is 0 Å². The van der Waals surface area contributed by atoms with Gasteiger partial charge in [0.25, 0.3) is 0 Å². The summed E-state index contributed by atoms with van der Waals surface area (Å²) in [5.41, 5.74) is 17.2. The molecule has 3 aromatic heterocycles. The molecule has 5 heteroatoms. The summed E-state index contributed by atoms with van der Waals surface area (Å²) < 4.78 is 0. The van der Waals surface area contributed by atoms with Gasteiger partial charge in [0, 0.05) is 46.0 Å². The maximum atomic E-state index is 6.87. The van der Waals surface area contributed by atoms with Crippen molar-refractivity contribution in [3.63, 3.8) is 0 Å². The van der Waals surface area contributed by atoms with E-state index in [4.69, 9.17) is 20.7 Å². The zero-order valence-corrected chi connectivity index (χ0v) is 30.6. The molecule has 0 aliphatic heterocycles. The fraction of sp³-hybridized carbons (Fsp3) is 0.120. The molecule has 0 bridgehead atoms. The third kappa shape index (κ3) is 5.85. The number of hydrogen-bond donors (Lipinski definition) is 1. The summed E-state index contributed by atoms with van der Waals surface area (Å²) in [6.07, 6.45) is 8.35. The van der Waals surface area contributed by atoms with Gasteiger partial charge in [-0.1, -0.05) is 146 Å². The van der Waals surface area contributed by atoms with Crippen LogP contribution in [-0.4, -0.2) is 26.0 Å². The molecule has 10 rings (SSSR count). The molecule has 6 aromatic carbocycles. The average Bonchev–Trinajstić information content (AvgIpc) is 3.26. The smallest absolute Gasteiger partial charge is 0.178 e. The number of aromatic nitrogens is 4. The quantitative estimate of drug-likeness (QED) is 0.137. The van der Waals surface area contributed by atoms with Crippen molar-refractivity contribution in [3.8, 4) is 34.0 Å². The standard InChI is InChI=1S/C50H39N5/c1-31(46-39-15-7-5-13-37(39)38-14-6-8-16-40(38)47(46)41-17-9-10-18-42(41)51)32-19-21-34(22-20-32)44-29-30-52-50(55-44)45-28-26-36-24-23-35-25-27-43(33-11-3-2-4-12-33)53-48(35)49(36)54-45/h2-8,10-16,18-31,41-42H,9,17,51H2,1H3/t31-,41?,42?/m1/s1. The molecular formula is C50H39N5. The Morgan fingerprint density at radius 3 is 1.87 bits per heavy atom. The van der Waals surface area contributed by atoms with Gasteiger partial charge in [0.2, 0.25) is 0 Å². The molecule has 0 saturated heterocycles. The summed E-state index contributed by atoms with van der Waals surface area (Å²) in [5, 5.41) is 7.27. The third-order valence-electron chi connectivity index (χ3n) is 11.5. The SMILES string of the molecule is C[C@H](c1ccc(-c2ccnc(-c3ccc4ccc5ccc(-c6ccccc6)nc5c4n3)n2)cc1)c1c(C2CCC=CC2N)c2ccccc2c2ccccc12. The van der Waals surface area contributed by atoms with Gasteiger partial charge in [-0.05, 0) is 69.3 Å². The number of nitrogens with two attached hydrogens (primary N) is 1. The number of rotatable bonds is 6. The van der Waals surface area contributed by atoms with E-state index in [1.807, 2.05) is 36.5 Å². The summed E-state index contributed by atoms with van der Waals surface area (Å²) in [6.45, 7) is 2.34. The lowest BCUT2D eigenvalue weighted by Gasteiger charge is -2.31. The highest BCUT2D eigenvalue weighted by atomic mass is 14.9. The molecule has 2 unspecified atom stereocenters. The number of allylic oxidation sites excluding steroid dienone is 1. The van der Waals surface area contributed by atoms with Crippen molar-refractivity contribution in [2.24, 2.45) is 5.73 Å². The van der Waals surface area contributed by atoms with E-state index >= 15 is 0 Å². The van der Waals surface area contributed by atoms with Gasteiger partial charge in [-0.15, -0.1) is 0 Å². The molecule has 0 fully saturated rings. The summed E-state index contributed by atoms with van der Waals surface area (Å²) in [4.78, 5) is 19.9. The molecule has 1 aliphatic carbocycles. The minimum Gasteiger partial charge on any atom is -0.324 e. The first kappa shape index (κ1) is 33.0. The van der Waals surface area contributed by atoms with E-state index in [0.29, 0.717) is 11.5 Å². The zero-order valence-electron chi connectivity index (χ0n) is 30.6. The average molecular weight is 710 g/mol. The van der Waals surface area contributed by atoms with E-state index in [2.05, 4.69) is 139 Å². The molecular weight excluding hydrogens is 671 g/mol. The molecule has 2 N–H and O–H groups in total. The second-order valence-electron chi connectivity index (χ2n) is 14.7. The molecule has 5 nitrogen and oxygen atoms in total. The Kier molecular flexibility index (Phi) is 8.23. The zero-order chi connectivity index (χ0) is 36.9. The van der Waals surface area contributed by atoms with E-state index in [-0.39, 0.29) is 17.9 Å². The lowest BCUT2D eigenvalue weighted by Crippen LogP contribution is -2.29.